The number of benzene rings is 1. The second-order valence-electron chi connectivity index (χ2n) is 6.79. The average Bonchev–Trinajstić information content (AvgIpc) is 3.28. The highest BCUT2D eigenvalue weighted by atomic mass is 32.1. The van der Waals surface area contributed by atoms with Gasteiger partial charge in [-0.15, -0.1) is 11.3 Å². The molecule has 3 aromatic rings. The summed E-state index contributed by atoms with van der Waals surface area (Å²) in [7, 11) is 1.33. The molecule has 2 heterocycles. The topological polar surface area (TPSA) is 92.1 Å². The lowest BCUT2D eigenvalue weighted by molar-refractivity contribution is -0.146. The zero-order chi connectivity index (χ0) is 21.5. The van der Waals surface area contributed by atoms with Crippen LogP contribution in [-0.4, -0.2) is 30.0 Å². The van der Waals surface area contributed by atoms with Crippen molar-refractivity contribution in [2.45, 2.75) is 19.4 Å². The third-order valence-corrected chi connectivity index (χ3v) is 5.83. The second kappa shape index (κ2) is 9.81. The number of carbonyl (C=O) groups is 2. The van der Waals surface area contributed by atoms with Gasteiger partial charge in [-0.3, -0.25) is 14.6 Å². The highest BCUT2D eigenvalue weighted by Crippen LogP contribution is 2.26. The molecule has 0 saturated carbocycles. The molecular weight excluding hydrogens is 398 g/mol. The average molecular weight is 420 g/mol. The molecule has 1 amide bonds. The first kappa shape index (κ1) is 21.2. The molecule has 0 spiro atoms. The first-order chi connectivity index (χ1) is 14.5. The first-order valence-corrected chi connectivity index (χ1v) is 10.2. The van der Waals surface area contributed by atoms with Crippen LogP contribution in [0.15, 0.2) is 60.8 Å². The molecule has 30 heavy (non-hydrogen) atoms. The summed E-state index contributed by atoms with van der Waals surface area (Å²) in [5, 5.41) is 12.0. The summed E-state index contributed by atoms with van der Waals surface area (Å²) in [4.78, 5) is 30.9. The Kier molecular flexibility index (Phi) is 6.94. The number of aromatic nitrogens is 1. The molecule has 0 aliphatic carbocycles. The number of carbonyl (C=O) groups excluding carboxylic acids is 2. The van der Waals surface area contributed by atoms with Gasteiger partial charge in [0.05, 0.1) is 40.1 Å². The maximum absolute atomic E-state index is 12.8. The molecule has 1 N–H and O–H groups in total. The quantitative estimate of drug-likeness (QED) is 0.588. The lowest BCUT2D eigenvalue weighted by atomic mass is 9.92. The van der Waals surface area contributed by atoms with Crippen LogP contribution in [0.5, 0.6) is 0 Å². The van der Waals surface area contributed by atoms with Crippen molar-refractivity contribution in [1.82, 2.24) is 10.3 Å². The van der Waals surface area contributed by atoms with E-state index in [0.717, 1.165) is 16.1 Å². The minimum Gasteiger partial charge on any atom is -0.469 e. The fourth-order valence-electron chi connectivity index (χ4n) is 3.12. The Hall–Kier alpha value is -3.50. The van der Waals surface area contributed by atoms with Crippen molar-refractivity contribution in [3.8, 4) is 16.6 Å². The van der Waals surface area contributed by atoms with E-state index in [0.29, 0.717) is 16.9 Å². The highest BCUT2D eigenvalue weighted by Gasteiger charge is 2.28. The van der Waals surface area contributed by atoms with E-state index < -0.39 is 17.9 Å². The van der Waals surface area contributed by atoms with Crippen molar-refractivity contribution >= 4 is 23.2 Å². The van der Waals surface area contributed by atoms with Gasteiger partial charge < -0.3 is 10.1 Å². The first-order valence-electron chi connectivity index (χ1n) is 9.40. The summed E-state index contributed by atoms with van der Waals surface area (Å²) in [6, 6.07) is 17.9. The number of nitriles is 1. The van der Waals surface area contributed by atoms with E-state index in [1.165, 1.54) is 18.4 Å². The van der Waals surface area contributed by atoms with Crippen LogP contribution < -0.4 is 5.32 Å². The fourth-order valence-corrected chi connectivity index (χ4v) is 4.01. The molecule has 6 nitrogen and oxygen atoms in total. The molecule has 0 aliphatic heterocycles. The minimum absolute atomic E-state index is 0.255. The van der Waals surface area contributed by atoms with Crippen LogP contribution in [0.2, 0.25) is 0 Å². The summed E-state index contributed by atoms with van der Waals surface area (Å²) < 4.78 is 4.95. The van der Waals surface area contributed by atoms with E-state index in [1.54, 1.807) is 37.4 Å². The van der Waals surface area contributed by atoms with Gasteiger partial charge in [-0.1, -0.05) is 18.2 Å². The minimum atomic E-state index is -0.580. The normalized spacial score (nSPS) is 12.4. The fraction of sp³-hybridized carbons (Fsp3) is 0.217. The zero-order valence-electron chi connectivity index (χ0n) is 16.7. The Morgan fingerprint density at radius 1 is 1.20 bits per heavy atom. The number of hydrogen-bond acceptors (Lipinski definition) is 6. The molecule has 0 fully saturated rings. The Morgan fingerprint density at radius 2 is 2.03 bits per heavy atom. The number of hydrogen-bond donors (Lipinski definition) is 1. The smallest absolute Gasteiger partial charge is 0.311 e. The Balaban J connectivity index is 1.73. The van der Waals surface area contributed by atoms with Crippen molar-refractivity contribution in [2.24, 2.45) is 5.92 Å². The maximum Gasteiger partial charge on any atom is 0.311 e. The molecule has 0 radical (unpaired) electrons. The van der Waals surface area contributed by atoms with E-state index in [-0.39, 0.29) is 5.91 Å². The van der Waals surface area contributed by atoms with Gasteiger partial charge in [0.1, 0.15) is 0 Å². The van der Waals surface area contributed by atoms with Gasteiger partial charge in [0.15, 0.2) is 0 Å². The molecule has 2 aromatic heterocycles. The van der Waals surface area contributed by atoms with Gasteiger partial charge in [0.2, 0.25) is 0 Å². The predicted molar refractivity (Wildman–Crippen MR) is 115 cm³/mol. The number of thiophene rings is 1. The summed E-state index contributed by atoms with van der Waals surface area (Å²) in [6.45, 7) is 1.78. The van der Waals surface area contributed by atoms with Crippen LogP contribution in [-0.2, 0) is 16.0 Å². The van der Waals surface area contributed by atoms with E-state index in [4.69, 9.17) is 10.00 Å². The van der Waals surface area contributed by atoms with Gasteiger partial charge in [0, 0.05) is 12.2 Å². The number of nitrogens with one attached hydrogen (secondary N) is 1. The second-order valence-corrected chi connectivity index (χ2v) is 7.87. The van der Waals surface area contributed by atoms with Gasteiger partial charge in [-0.2, -0.15) is 5.26 Å². The largest absolute Gasteiger partial charge is 0.469 e. The Bertz CT molecular complexity index is 1070. The van der Waals surface area contributed by atoms with Crippen LogP contribution >= 0.6 is 11.3 Å². The predicted octanol–water partition coefficient (Wildman–Crippen LogP) is 3.83. The van der Waals surface area contributed by atoms with E-state index in [2.05, 4.69) is 16.4 Å². The molecule has 7 heteroatoms. The van der Waals surface area contributed by atoms with Gasteiger partial charge in [-0.05, 0) is 55.3 Å². The molecule has 0 aliphatic rings. The third-order valence-electron chi connectivity index (χ3n) is 4.73. The lowest BCUT2D eigenvalue weighted by Gasteiger charge is -2.23. The number of methoxy groups -OCH3 is 1. The van der Waals surface area contributed by atoms with Crippen molar-refractivity contribution in [2.75, 3.05) is 7.11 Å². The van der Waals surface area contributed by atoms with Crippen LogP contribution in [0.25, 0.3) is 10.6 Å². The lowest BCUT2D eigenvalue weighted by Crippen LogP contribution is -2.42. The Labute approximate surface area is 179 Å². The van der Waals surface area contributed by atoms with Gasteiger partial charge in [0.25, 0.3) is 5.91 Å². The highest BCUT2D eigenvalue weighted by molar-refractivity contribution is 7.17. The van der Waals surface area contributed by atoms with Crippen molar-refractivity contribution in [3.63, 3.8) is 0 Å². The van der Waals surface area contributed by atoms with Crippen LogP contribution in [0.4, 0.5) is 0 Å². The van der Waals surface area contributed by atoms with Crippen molar-refractivity contribution in [1.29, 1.82) is 5.26 Å². The monoisotopic (exact) mass is 419 g/mol. The third kappa shape index (κ3) is 5.10. The standard InChI is InChI=1S/C23H21N3O3S/c1-15(18(23(28)29-2)13-16-6-5-7-17(12-16)14-24)26-22(27)21-10-9-20(30-21)19-8-3-4-11-25-19/h3-12,15,18H,13H2,1-2H3,(H,26,27). The van der Waals surface area contributed by atoms with Crippen molar-refractivity contribution in [3.05, 3.63) is 76.8 Å². The molecule has 152 valence electrons. The van der Waals surface area contributed by atoms with Gasteiger partial charge >= 0.3 is 5.97 Å². The maximum atomic E-state index is 12.8. The Morgan fingerprint density at radius 3 is 2.73 bits per heavy atom. The summed E-state index contributed by atoms with van der Waals surface area (Å²) in [5.74, 6) is -1.25. The molecule has 2 atom stereocenters. The molecule has 0 bridgehead atoms. The number of amides is 1. The number of ether oxygens (including phenoxy) is 1. The van der Waals surface area contributed by atoms with Crippen LogP contribution in [0, 0.1) is 17.2 Å². The number of nitrogens with zero attached hydrogens (tertiary/aromatic N) is 2. The zero-order valence-corrected chi connectivity index (χ0v) is 17.5. The molecule has 0 saturated heterocycles. The number of rotatable bonds is 7. The van der Waals surface area contributed by atoms with E-state index in [1.807, 2.05) is 30.3 Å². The summed E-state index contributed by atoms with van der Waals surface area (Å²) >= 11 is 1.34. The number of esters is 1. The van der Waals surface area contributed by atoms with Crippen LogP contribution in [0.1, 0.15) is 27.7 Å². The van der Waals surface area contributed by atoms with Gasteiger partial charge in [-0.25, -0.2) is 0 Å². The van der Waals surface area contributed by atoms with Crippen LogP contribution in [0.3, 0.4) is 0 Å². The van der Waals surface area contributed by atoms with Crippen molar-refractivity contribution < 1.29 is 14.3 Å². The summed E-state index contributed by atoms with van der Waals surface area (Å²) in [6.07, 6.45) is 2.06. The molecule has 3 rings (SSSR count). The number of pyridine rings is 1. The van der Waals surface area contributed by atoms with E-state index in [9.17, 15) is 9.59 Å². The van der Waals surface area contributed by atoms with E-state index >= 15 is 0 Å². The molecule has 2 unspecified atom stereocenters. The molecule has 1 aromatic carbocycles. The molecular formula is C23H21N3O3S. The summed E-state index contributed by atoms with van der Waals surface area (Å²) in [5.41, 5.74) is 2.16. The SMILES string of the molecule is COC(=O)C(Cc1cccc(C#N)c1)C(C)NC(=O)c1ccc(-c2ccccn2)s1.